The summed E-state index contributed by atoms with van der Waals surface area (Å²) in [6, 6.07) is 8.56. The Balaban J connectivity index is 2.13. The van der Waals surface area contributed by atoms with Gasteiger partial charge in [0.1, 0.15) is 0 Å². The Kier molecular flexibility index (Phi) is 3.67. The van der Waals surface area contributed by atoms with Gasteiger partial charge in [-0.3, -0.25) is 4.99 Å². The van der Waals surface area contributed by atoms with Crippen molar-refractivity contribution in [3.63, 3.8) is 0 Å². The van der Waals surface area contributed by atoms with E-state index >= 15 is 0 Å². The first-order valence-electron chi connectivity index (χ1n) is 6.28. The SMILES string of the molecule is CN=C(NCC(C)C)N1CCc2ccccc21. The van der Waals surface area contributed by atoms with E-state index < -0.39 is 0 Å². The summed E-state index contributed by atoms with van der Waals surface area (Å²) in [5.41, 5.74) is 2.71. The molecule has 0 amide bonds. The minimum atomic E-state index is 0.629. The highest BCUT2D eigenvalue weighted by atomic mass is 15.3. The molecular weight excluding hydrogens is 210 g/mol. The number of benzene rings is 1. The topological polar surface area (TPSA) is 27.6 Å². The van der Waals surface area contributed by atoms with Crippen LogP contribution in [0.2, 0.25) is 0 Å². The average Bonchev–Trinajstić information content (AvgIpc) is 2.74. The van der Waals surface area contributed by atoms with Crippen molar-refractivity contribution in [3.05, 3.63) is 29.8 Å². The van der Waals surface area contributed by atoms with Gasteiger partial charge in [0.05, 0.1) is 0 Å². The van der Waals surface area contributed by atoms with Crippen LogP contribution in [0.1, 0.15) is 19.4 Å². The summed E-state index contributed by atoms with van der Waals surface area (Å²) < 4.78 is 0. The summed E-state index contributed by atoms with van der Waals surface area (Å²) in [5, 5.41) is 3.43. The molecular formula is C14H21N3. The number of anilines is 1. The molecule has 1 aromatic carbocycles. The lowest BCUT2D eigenvalue weighted by Gasteiger charge is -2.23. The second-order valence-corrected chi connectivity index (χ2v) is 4.85. The standard InChI is InChI=1S/C14H21N3/c1-11(2)10-16-14(15-3)17-9-8-12-6-4-5-7-13(12)17/h4-7,11H,8-10H2,1-3H3,(H,15,16). The van der Waals surface area contributed by atoms with E-state index in [9.17, 15) is 0 Å². The van der Waals surface area contributed by atoms with Crippen molar-refractivity contribution in [3.8, 4) is 0 Å². The Hall–Kier alpha value is -1.51. The zero-order chi connectivity index (χ0) is 12.3. The minimum absolute atomic E-state index is 0.629. The first-order valence-corrected chi connectivity index (χ1v) is 6.28. The van der Waals surface area contributed by atoms with Crippen LogP contribution in [-0.4, -0.2) is 26.1 Å². The molecule has 0 saturated carbocycles. The lowest BCUT2D eigenvalue weighted by molar-refractivity contribution is 0.620. The average molecular weight is 231 g/mol. The molecule has 0 unspecified atom stereocenters. The van der Waals surface area contributed by atoms with Gasteiger partial charge in [0.15, 0.2) is 5.96 Å². The predicted octanol–water partition coefficient (Wildman–Crippen LogP) is 2.28. The van der Waals surface area contributed by atoms with Crippen molar-refractivity contribution in [2.45, 2.75) is 20.3 Å². The Morgan fingerprint density at radius 2 is 2.18 bits per heavy atom. The molecule has 17 heavy (non-hydrogen) atoms. The van der Waals surface area contributed by atoms with E-state index in [-0.39, 0.29) is 0 Å². The summed E-state index contributed by atoms with van der Waals surface area (Å²) in [4.78, 5) is 6.65. The molecule has 2 rings (SSSR count). The molecule has 0 aromatic heterocycles. The Bertz CT molecular complexity index is 410. The highest BCUT2D eigenvalue weighted by Gasteiger charge is 2.22. The second kappa shape index (κ2) is 5.21. The fourth-order valence-electron chi connectivity index (χ4n) is 2.15. The Morgan fingerprint density at radius 1 is 1.41 bits per heavy atom. The summed E-state index contributed by atoms with van der Waals surface area (Å²) in [7, 11) is 1.85. The second-order valence-electron chi connectivity index (χ2n) is 4.85. The smallest absolute Gasteiger partial charge is 0.198 e. The molecule has 0 spiro atoms. The summed E-state index contributed by atoms with van der Waals surface area (Å²) in [6.45, 7) is 6.40. The van der Waals surface area contributed by atoms with Gasteiger partial charge in [-0.25, -0.2) is 0 Å². The van der Waals surface area contributed by atoms with Gasteiger partial charge in [-0.2, -0.15) is 0 Å². The molecule has 0 bridgehead atoms. The maximum Gasteiger partial charge on any atom is 0.198 e. The number of hydrogen-bond acceptors (Lipinski definition) is 1. The maximum atomic E-state index is 4.37. The highest BCUT2D eigenvalue weighted by molar-refractivity contribution is 5.97. The van der Waals surface area contributed by atoms with E-state index in [4.69, 9.17) is 0 Å². The molecule has 0 saturated heterocycles. The number of para-hydroxylation sites is 1. The van der Waals surface area contributed by atoms with Crippen LogP contribution in [-0.2, 0) is 6.42 Å². The monoisotopic (exact) mass is 231 g/mol. The van der Waals surface area contributed by atoms with Crippen molar-refractivity contribution in [1.29, 1.82) is 0 Å². The van der Waals surface area contributed by atoms with Gasteiger partial charge in [0.25, 0.3) is 0 Å². The number of aliphatic imine (C=N–C) groups is 1. The third kappa shape index (κ3) is 2.60. The Morgan fingerprint density at radius 3 is 2.88 bits per heavy atom. The third-order valence-electron chi connectivity index (χ3n) is 3.02. The van der Waals surface area contributed by atoms with E-state index in [0.29, 0.717) is 5.92 Å². The quantitative estimate of drug-likeness (QED) is 0.624. The molecule has 0 radical (unpaired) electrons. The molecule has 3 heteroatoms. The molecule has 0 atom stereocenters. The Labute approximate surface area is 104 Å². The molecule has 0 fully saturated rings. The number of hydrogen-bond donors (Lipinski definition) is 1. The van der Waals surface area contributed by atoms with E-state index in [1.165, 1.54) is 11.3 Å². The lowest BCUT2D eigenvalue weighted by atomic mass is 10.2. The molecule has 1 aliphatic heterocycles. The predicted molar refractivity (Wildman–Crippen MR) is 73.7 cm³/mol. The highest BCUT2D eigenvalue weighted by Crippen LogP contribution is 2.27. The summed E-state index contributed by atoms with van der Waals surface area (Å²) >= 11 is 0. The van der Waals surface area contributed by atoms with E-state index in [2.05, 4.69) is 53.3 Å². The fourth-order valence-corrected chi connectivity index (χ4v) is 2.15. The van der Waals surface area contributed by atoms with Crippen LogP contribution in [0, 0.1) is 5.92 Å². The van der Waals surface area contributed by atoms with Crippen LogP contribution in [0.15, 0.2) is 29.3 Å². The van der Waals surface area contributed by atoms with Crippen molar-refractivity contribution in [1.82, 2.24) is 5.32 Å². The number of fused-ring (bicyclic) bond motifs is 1. The van der Waals surface area contributed by atoms with Crippen LogP contribution in [0.4, 0.5) is 5.69 Å². The molecule has 92 valence electrons. The van der Waals surface area contributed by atoms with E-state index in [1.54, 1.807) is 0 Å². The van der Waals surface area contributed by atoms with E-state index in [0.717, 1.165) is 25.5 Å². The van der Waals surface area contributed by atoms with Gasteiger partial charge in [-0.05, 0) is 24.0 Å². The summed E-state index contributed by atoms with van der Waals surface area (Å²) in [6.07, 6.45) is 1.11. The summed E-state index contributed by atoms with van der Waals surface area (Å²) in [5.74, 6) is 1.62. The molecule has 1 aliphatic rings. The van der Waals surface area contributed by atoms with Gasteiger partial charge in [0, 0.05) is 25.8 Å². The largest absolute Gasteiger partial charge is 0.356 e. The number of rotatable bonds is 2. The van der Waals surface area contributed by atoms with Crippen molar-refractivity contribution >= 4 is 11.6 Å². The van der Waals surface area contributed by atoms with Gasteiger partial charge in [-0.1, -0.05) is 32.0 Å². The van der Waals surface area contributed by atoms with Gasteiger partial charge < -0.3 is 10.2 Å². The van der Waals surface area contributed by atoms with Crippen molar-refractivity contribution in [2.24, 2.45) is 10.9 Å². The van der Waals surface area contributed by atoms with Gasteiger partial charge in [0.2, 0.25) is 0 Å². The first kappa shape index (κ1) is 12.0. The van der Waals surface area contributed by atoms with Gasteiger partial charge in [-0.15, -0.1) is 0 Å². The van der Waals surface area contributed by atoms with Crippen LogP contribution < -0.4 is 10.2 Å². The van der Waals surface area contributed by atoms with Crippen molar-refractivity contribution in [2.75, 3.05) is 25.0 Å². The third-order valence-corrected chi connectivity index (χ3v) is 3.02. The lowest BCUT2D eigenvalue weighted by Crippen LogP contribution is -2.41. The fraction of sp³-hybridized carbons (Fsp3) is 0.500. The van der Waals surface area contributed by atoms with Crippen LogP contribution >= 0.6 is 0 Å². The zero-order valence-corrected chi connectivity index (χ0v) is 10.9. The first-order chi connectivity index (χ1) is 8.22. The van der Waals surface area contributed by atoms with Crippen LogP contribution in [0.5, 0.6) is 0 Å². The number of nitrogens with one attached hydrogen (secondary N) is 1. The van der Waals surface area contributed by atoms with Crippen LogP contribution in [0.25, 0.3) is 0 Å². The molecule has 1 aromatic rings. The molecule has 1 heterocycles. The van der Waals surface area contributed by atoms with Gasteiger partial charge >= 0.3 is 0 Å². The molecule has 1 N–H and O–H groups in total. The normalized spacial score (nSPS) is 15.3. The minimum Gasteiger partial charge on any atom is -0.356 e. The molecule has 3 nitrogen and oxygen atoms in total. The zero-order valence-electron chi connectivity index (χ0n) is 10.9. The maximum absolute atomic E-state index is 4.37. The number of guanidine groups is 1. The van der Waals surface area contributed by atoms with E-state index in [1.807, 2.05) is 7.05 Å². The van der Waals surface area contributed by atoms with Crippen molar-refractivity contribution < 1.29 is 0 Å². The molecule has 0 aliphatic carbocycles. The number of nitrogens with zero attached hydrogens (tertiary/aromatic N) is 2. The van der Waals surface area contributed by atoms with Crippen LogP contribution in [0.3, 0.4) is 0 Å².